The van der Waals surface area contributed by atoms with Gasteiger partial charge in [0.05, 0.1) is 0 Å². The molecule has 1 nitrogen and oxygen atoms in total. The molecule has 0 aliphatic carbocycles. The lowest BCUT2D eigenvalue weighted by atomic mass is 10.1. The van der Waals surface area contributed by atoms with Gasteiger partial charge in [-0.05, 0) is 20.1 Å². The van der Waals surface area contributed by atoms with Crippen LogP contribution in [0.4, 0.5) is 0 Å². The third-order valence-electron chi connectivity index (χ3n) is 1.38. The molecule has 66 valence electrons. The van der Waals surface area contributed by atoms with Crippen LogP contribution in [0.2, 0.25) is 0 Å². The Balaban J connectivity index is 4.66. The second-order valence-corrected chi connectivity index (χ2v) is 3.19. The van der Waals surface area contributed by atoms with Crippen molar-refractivity contribution in [1.82, 2.24) is 0 Å². The normalized spacial score (nSPS) is 12.1. The van der Waals surface area contributed by atoms with Crippen LogP contribution >= 0.6 is 11.8 Å². The van der Waals surface area contributed by atoms with Crippen LogP contribution in [0, 0.1) is 0 Å². The standard InChI is InChI=1S/C10H14OS/c1-5-6-7-10(8(2)11)9(3)12-4/h5-7H,3H2,1-2,4H3/b6-5-,10-7-. The zero-order valence-electron chi connectivity index (χ0n) is 7.76. The Morgan fingerprint density at radius 1 is 1.50 bits per heavy atom. The molecule has 0 spiro atoms. The third-order valence-corrected chi connectivity index (χ3v) is 2.09. The number of allylic oxidation sites excluding steroid dienone is 4. The van der Waals surface area contributed by atoms with Crippen molar-refractivity contribution in [3.8, 4) is 0 Å². The fraction of sp³-hybridized carbons (Fsp3) is 0.300. The molecule has 0 aromatic heterocycles. The Morgan fingerprint density at radius 3 is 2.42 bits per heavy atom. The Bertz CT molecular complexity index is 236. The molecule has 0 atom stereocenters. The average Bonchev–Trinajstić information content (AvgIpc) is 2.04. The van der Waals surface area contributed by atoms with E-state index in [1.54, 1.807) is 13.0 Å². The summed E-state index contributed by atoms with van der Waals surface area (Å²) in [5.41, 5.74) is 0.695. The van der Waals surface area contributed by atoms with E-state index in [4.69, 9.17) is 0 Å². The van der Waals surface area contributed by atoms with Crippen molar-refractivity contribution in [1.29, 1.82) is 0 Å². The number of carbonyl (C=O) groups is 1. The van der Waals surface area contributed by atoms with Gasteiger partial charge in [-0.25, -0.2) is 0 Å². The summed E-state index contributed by atoms with van der Waals surface area (Å²) in [6.45, 7) is 7.25. The maximum Gasteiger partial charge on any atom is 0.160 e. The quantitative estimate of drug-likeness (QED) is 0.491. The smallest absolute Gasteiger partial charge is 0.160 e. The minimum Gasteiger partial charge on any atom is -0.294 e. The highest BCUT2D eigenvalue weighted by Gasteiger charge is 2.05. The van der Waals surface area contributed by atoms with Gasteiger partial charge in [0.25, 0.3) is 0 Å². The highest BCUT2D eigenvalue weighted by Crippen LogP contribution is 2.19. The van der Waals surface area contributed by atoms with Gasteiger partial charge in [-0.2, -0.15) is 0 Å². The zero-order chi connectivity index (χ0) is 9.56. The molecule has 0 rings (SSSR count). The maximum absolute atomic E-state index is 11.1. The minimum atomic E-state index is 0.0625. The van der Waals surface area contributed by atoms with Crippen LogP contribution in [0.25, 0.3) is 0 Å². The minimum absolute atomic E-state index is 0.0625. The molecular weight excluding hydrogens is 168 g/mol. The fourth-order valence-electron chi connectivity index (χ4n) is 0.709. The number of Topliss-reactive ketones (excluding diaryl/α,β-unsaturated/α-hetero) is 1. The van der Waals surface area contributed by atoms with E-state index in [0.29, 0.717) is 5.57 Å². The number of rotatable bonds is 4. The van der Waals surface area contributed by atoms with Gasteiger partial charge in [0.1, 0.15) is 0 Å². The summed E-state index contributed by atoms with van der Waals surface area (Å²) < 4.78 is 0. The molecule has 12 heavy (non-hydrogen) atoms. The third kappa shape index (κ3) is 3.58. The summed E-state index contributed by atoms with van der Waals surface area (Å²) >= 11 is 1.49. The lowest BCUT2D eigenvalue weighted by molar-refractivity contribution is -0.113. The molecule has 0 N–H and O–H groups in total. The largest absolute Gasteiger partial charge is 0.294 e. The lowest BCUT2D eigenvalue weighted by Gasteiger charge is -2.02. The zero-order valence-corrected chi connectivity index (χ0v) is 8.57. The maximum atomic E-state index is 11.1. The van der Waals surface area contributed by atoms with Crippen molar-refractivity contribution in [3.63, 3.8) is 0 Å². The van der Waals surface area contributed by atoms with Crippen LogP contribution in [-0.2, 0) is 4.79 Å². The van der Waals surface area contributed by atoms with E-state index in [-0.39, 0.29) is 5.78 Å². The van der Waals surface area contributed by atoms with Gasteiger partial charge in [0, 0.05) is 10.5 Å². The lowest BCUT2D eigenvalue weighted by Crippen LogP contribution is -1.96. The summed E-state index contributed by atoms with van der Waals surface area (Å²) in [4.78, 5) is 11.9. The molecule has 0 amide bonds. The Morgan fingerprint density at radius 2 is 2.08 bits per heavy atom. The Hall–Kier alpha value is -0.760. The summed E-state index contributed by atoms with van der Waals surface area (Å²) in [6, 6.07) is 0. The van der Waals surface area contributed by atoms with Gasteiger partial charge >= 0.3 is 0 Å². The number of hydrogen-bond donors (Lipinski definition) is 0. The highest BCUT2D eigenvalue weighted by atomic mass is 32.2. The predicted octanol–water partition coefficient (Wildman–Crippen LogP) is 2.95. The number of thioether (sulfide) groups is 1. The molecule has 0 aliphatic rings. The van der Waals surface area contributed by atoms with E-state index in [1.165, 1.54) is 11.8 Å². The van der Waals surface area contributed by atoms with E-state index in [1.807, 2.05) is 25.3 Å². The van der Waals surface area contributed by atoms with E-state index in [0.717, 1.165) is 4.91 Å². The van der Waals surface area contributed by atoms with Crippen molar-refractivity contribution in [3.05, 3.63) is 35.3 Å². The van der Waals surface area contributed by atoms with Crippen molar-refractivity contribution in [2.24, 2.45) is 0 Å². The average molecular weight is 182 g/mol. The molecule has 0 radical (unpaired) electrons. The van der Waals surface area contributed by atoms with Crippen molar-refractivity contribution < 1.29 is 4.79 Å². The van der Waals surface area contributed by atoms with Crippen LogP contribution in [0.1, 0.15) is 13.8 Å². The summed E-state index contributed by atoms with van der Waals surface area (Å²) in [7, 11) is 0. The van der Waals surface area contributed by atoms with Crippen LogP contribution in [0.5, 0.6) is 0 Å². The first-order chi connectivity index (χ1) is 5.63. The van der Waals surface area contributed by atoms with Crippen LogP contribution < -0.4 is 0 Å². The van der Waals surface area contributed by atoms with Gasteiger partial charge in [-0.15, -0.1) is 11.8 Å². The molecule has 0 saturated heterocycles. The first-order valence-electron chi connectivity index (χ1n) is 3.70. The number of ketones is 1. The Labute approximate surface area is 78.2 Å². The molecule has 0 aromatic rings. The van der Waals surface area contributed by atoms with Gasteiger partial charge in [-0.3, -0.25) is 4.79 Å². The Kier molecular flexibility index (Phi) is 5.47. The summed E-state index contributed by atoms with van der Waals surface area (Å²) in [5, 5.41) is 0. The van der Waals surface area contributed by atoms with E-state index in [9.17, 15) is 4.79 Å². The molecule has 0 aliphatic heterocycles. The summed E-state index contributed by atoms with van der Waals surface area (Å²) in [5.74, 6) is 0.0625. The second kappa shape index (κ2) is 5.84. The predicted molar refractivity (Wildman–Crippen MR) is 56.2 cm³/mol. The molecule has 0 heterocycles. The SMILES string of the molecule is C=C(SC)/C(=C\C=C/C)C(C)=O. The van der Waals surface area contributed by atoms with Crippen molar-refractivity contribution in [2.45, 2.75) is 13.8 Å². The van der Waals surface area contributed by atoms with Crippen LogP contribution in [0.15, 0.2) is 35.3 Å². The fourth-order valence-corrected chi connectivity index (χ4v) is 1.14. The molecule has 2 heteroatoms. The van der Waals surface area contributed by atoms with Crippen LogP contribution in [0.3, 0.4) is 0 Å². The highest BCUT2D eigenvalue weighted by molar-refractivity contribution is 8.02. The molecule has 0 saturated carbocycles. The topological polar surface area (TPSA) is 17.1 Å². The summed E-state index contributed by atoms with van der Waals surface area (Å²) in [6.07, 6.45) is 7.44. The van der Waals surface area contributed by atoms with Crippen molar-refractivity contribution in [2.75, 3.05) is 6.26 Å². The molecule has 0 fully saturated rings. The van der Waals surface area contributed by atoms with Crippen molar-refractivity contribution >= 4 is 17.5 Å². The van der Waals surface area contributed by atoms with Gasteiger partial charge in [-0.1, -0.05) is 24.8 Å². The van der Waals surface area contributed by atoms with Crippen LogP contribution in [-0.4, -0.2) is 12.0 Å². The van der Waals surface area contributed by atoms with E-state index >= 15 is 0 Å². The monoisotopic (exact) mass is 182 g/mol. The first-order valence-corrected chi connectivity index (χ1v) is 4.93. The molecular formula is C10H14OS. The first kappa shape index (κ1) is 11.2. The number of carbonyl (C=O) groups excluding carboxylic acids is 1. The van der Waals surface area contributed by atoms with Gasteiger partial charge in [0.2, 0.25) is 0 Å². The van der Waals surface area contributed by atoms with Gasteiger partial charge < -0.3 is 0 Å². The molecule has 0 bridgehead atoms. The molecule has 0 aromatic carbocycles. The van der Waals surface area contributed by atoms with E-state index < -0.39 is 0 Å². The second-order valence-electron chi connectivity index (χ2n) is 2.29. The molecule has 0 unspecified atom stereocenters. The number of hydrogen-bond acceptors (Lipinski definition) is 2. The van der Waals surface area contributed by atoms with Gasteiger partial charge in [0.15, 0.2) is 5.78 Å². The van der Waals surface area contributed by atoms with E-state index in [2.05, 4.69) is 6.58 Å².